The van der Waals surface area contributed by atoms with Gasteiger partial charge in [-0.15, -0.1) is 0 Å². The van der Waals surface area contributed by atoms with Crippen LogP contribution in [-0.2, 0) is 4.79 Å². The van der Waals surface area contributed by atoms with E-state index < -0.39 is 0 Å². The van der Waals surface area contributed by atoms with Gasteiger partial charge in [0.25, 0.3) is 0 Å². The van der Waals surface area contributed by atoms with Crippen LogP contribution in [0.15, 0.2) is 4.99 Å². The lowest BCUT2D eigenvalue weighted by Crippen LogP contribution is -2.29. The predicted molar refractivity (Wildman–Crippen MR) is 71.0 cm³/mol. The molecule has 0 radical (unpaired) electrons. The standard InChI is InChI=1S/C13H25N3O/c1-3-5-6-7-8-9-11-12(17)16-13(15-11)14-10-4-2/h11H,3-10H2,1-2H3,(H2,14,15,16,17). The van der Waals surface area contributed by atoms with Crippen LogP contribution in [0.1, 0.15) is 58.8 Å². The molecule has 1 unspecified atom stereocenters. The van der Waals surface area contributed by atoms with Gasteiger partial charge in [-0.25, -0.2) is 0 Å². The fourth-order valence-corrected chi connectivity index (χ4v) is 1.93. The minimum Gasteiger partial charge on any atom is -0.344 e. The maximum Gasteiger partial charge on any atom is 0.249 e. The monoisotopic (exact) mass is 239 g/mol. The molecule has 0 aliphatic carbocycles. The number of guanidine groups is 1. The van der Waals surface area contributed by atoms with Gasteiger partial charge in [0.2, 0.25) is 5.91 Å². The van der Waals surface area contributed by atoms with Crippen LogP contribution in [0, 0.1) is 0 Å². The second kappa shape index (κ2) is 8.09. The van der Waals surface area contributed by atoms with Crippen molar-refractivity contribution in [2.75, 3.05) is 6.54 Å². The summed E-state index contributed by atoms with van der Waals surface area (Å²) in [6, 6.07) is -0.0627. The predicted octanol–water partition coefficient (Wildman–Crippen LogP) is 2.20. The number of nitrogens with zero attached hydrogens (tertiary/aromatic N) is 1. The summed E-state index contributed by atoms with van der Waals surface area (Å²) >= 11 is 0. The molecule has 0 bridgehead atoms. The van der Waals surface area contributed by atoms with E-state index in [1.165, 1.54) is 25.7 Å². The van der Waals surface area contributed by atoms with Crippen molar-refractivity contribution >= 4 is 11.9 Å². The maximum absolute atomic E-state index is 11.6. The first-order valence-electron chi connectivity index (χ1n) is 6.89. The highest BCUT2D eigenvalue weighted by molar-refractivity contribution is 6.06. The molecule has 1 fully saturated rings. The van der Waals surface area contributed by atoms with Gasteiger partial charge >= 0.3 is 0 Å². The van der Waals surface area contributed by atoms with Crippen LogP contribution < -0.4 is 10.6 Å². The quantitative estimate of drug-likeness (QED) is 0.638. The molecule has 1 rings (SSSR count). The van der Waals surface area contributed by atoms with E-state index in [9.17, 15) is 4.79 Å². The summed E-state index contributed by atoms with van der Waals surface area (Å²) in [6.45, 7) is 5.06. The Balaban J connectivity index is 2.19. The number of amides is 1. The first-order chi connectivity index (χ1) is 8.27. The number of carbonyl (C=O) groups is 1. The third-order valence-electron chi connectivity index (χ3n) is 2.96. The molecule has 0 spiro atoms. The summed E-state index contributed by atoms with van der Waals surface area (Å²) in [5.41, 5.74) is 0. The fourth-order valence-electron chi connectivity index (χ4n) is 1.93. The van der Waals surface area contributed by atoms with Crippen LogP contribution in [-0.4, -0.2) is 24.5 Å². The molecular weight excluding hydrogens is 214 g/mol. The van der Waals surface area contributed by atoms with Crippen molar-refractivity contribution in [1.29, 1.82) is 0 Å². The maximum atomic E-state index is 11.6. The minimum absolute atomic E-state index is 0.0627. The Labute approximate surface area is 104 Å². The number of hydrogen-bond acceptors (Lipinski definition) is 2. The third-order valence-corrected chi connectivity index (χ3v) is 2.96. The van der Waals surface area contributed by atoms with Gasteiger partial charge in [-0.2, -0.15) is 0 Å². The van der Waals surface area contributed by atoms with Crippen molar-refractivity contribution in [3.63, 3.8) is 0 Å². The van der Waals surface area contributed by atoms with E-state index in [-0.39, 0.29) is 11.9 Å². The average Bonchev–Trinajstić information content (AvgIpc) is 2.67. The van der Waals surface area contributed by atoms with Gasteiger partial charge in [0.05, 0.1) is 0 Å². The lowest BCUT2D eigenvalue weighted by atomic mass is 10.1. The van der Waals surface area contributed by atoms with E-state index in [0.717, 1.165) is 25.8 Å². The highest BCUT2D eigenvalue weighted by Crippen LogP contribution is 2.09. The highest BCUT2D eigenvalue weighted by atomic mass is 16.2. The number of unbranched alkanes of at least 4 members (excludes halogenated alkanes) is 4. The zero-order valence-corrected chi connectivity index (χ0v) is 11.1. The average molecular weight is 239 g/mol. The Morgan fingerprint density at radius 1 is 1.12 bits per heavy atom. The minimum atomic E-state index is -0.0627. The van der Waals surface area contributed by atoms with Crippen molar-refractivity contribution in [1.82, 2.24) is 10.6 Å². The summed E-state index contributed by atoms with van der Waals surface area (Å²) in [7, 11) is 0. The topological polar surface area (TPSA) is 53.5 Å². The van der Waals surface area contributed by atoms with E-state index >= 15 is 0 Å². The molecule has 17 heavy (non-hydrogen) atoms. The Kier molecular flexibility index (Phi) is 6.67. The van der Waals surface area contributed by atoms with E-state index in [4.69, 9.17) is 0 Å². The van der Waals surface area contributed by atoms with Crippen LogP contribution >= 0.6 is 0 Å². The Hall–Kier alpha value is -1.06. The first kappa shape index (κ1) is 14.0. The van der Waals surface area contributed by atoms with Crippen LogP contribution in [0.25, 0.3) is 0 Å². The summed E-state index contributed by atoms with van der Waals surface area (Å²) in [5.74, 6) is 0.741. The van der Waals surface area contributed by atoms with Gasteiger partial charge < -0.3 is 5.32 Å². The number of rotatable bonds is 8. The Morgan fingerprint density at radius 2 is 1.88 bits per heavy atom. The van der Waals surface area contributed by atoms with Crippen LogP contribution in [0.5, 0.6) is 0 Å². The molecule has 98 valence electrons. The van der Waals surface area contributed by atoms with Crippen molar-refractivity contribution < 1.29 is 4.79 Å². The summed E-state index contributed by atoms with van der Waals surface area (Å²) < 4.78 is 0. The molecule has 4 heteroatoms. The molecule has 0 aromatic rings. The zero-order chi connectivity index (χ0) is 12.5. The smallest absolute Gasteiger partial charge is 0.249 e. The Morgan fingerprint density at radius 3 is 2.59 bits per heavy atom. The first-order valence-corrected chi connectivity index (χ1v) is 6.89. The molecule has 0 aromatic heterocycles. The number of nitrogens with one attached hydrogen (secondary N) is 2. The summed E-state index contributed by atoms with van der Waals surface area (Å²) in [6.07, 6.45) is 8.10. The molecular formula is C13H25N3O. The normalized spacial score (nSPS) is 21.6. The lowest BCUT2D eigenvalue weighted by molar-refractivity contribution is -0.120. The molecule has 1 saturated heterocycles. The molecule has 4 nitrogen and oxygen atoms in total. The SMILES string of the molecule is CCCCCCCC1NC(=NCCC)NC1=O. The molecule has 2 N–H and O–H groups in total. The number of aliphatic imine (C=N–C) groups is 1. The molecule has 1 aliphatic rings. The number of carbonyl (C=O) groups excluding carboxylic acids is 1. The fraction of sp³-hybridized carbons (Fsp3) is 0.846. The highest BCUT2D eigenvalue weighted by Gasteiger charge is 2.26. The molecule has 0 saturated carbocycles. The summed E-state index contributed by atoms with van der Waals surface area (Å²) in [4.78, 5) is 15.9. The van der Waals surface area contributed by atoms with Gasteiger partial charge in [0.15, 0.2) is 5.96 Å². The van der Waals surface area contributed by atoms with Gasteiger partial charge in [-0.05, 0) is 12.8 Å². The second-order valence-electron chi connectivity index (χ2n) is 4.62. The van der Waals surface area contributed by atoms with Crippen molar-refractivity contribution in [3.05, 3.63) is 0 Å². The largest absolute Gasteiger partial charge is 0.344 e. The van der Waals surface area contributed by atoms with E-state index in [2.05, 4.69) is 29.5 Å². The van der Waals surface area contributed by atoms with Crippen LogP contribution in [0.3, 0.4) is 0 Å². The van der Waals surface area contributed by atoms with Gasteiger partial charge in [-0.3, -0.25) is 15.1 Å². The Bertz CT molecular complexity index is 263. The molecule has 1 heterocycles. The zero-order valence-electron chi connectivity index (χ0n) is 11.1. The molecule has 1 aliphatic heterocycles. The summed E-state index contributed by atoms with van der Waals surface area (Å²) in [5, 5.41) is 5.95. The van der Waals surface area contributed by atoms with Gasteiger partial charge in [0, 0.05) is 6.54 Å². The molecule has 1 amide bonds. The van der Waals surface area contributed by atoms with E-state index in [0.29, 0.717) is 5.96 Å². The van der Waals surface area contributed by atoms with Crippen molar-refractivity contribution in [3.8, 4) is 0 Å². The van der Waals surface area contributed by atoms with E-state index in [1.54, 1.807) is 0 Å². The second-order valence-corrected chi connectivity index (χ2v) is 4.62. The number of hydrogen-bond donors (Lipinski definition) is 2. The van der Waals surface area contributed by atoms with E-state index in [1.807, 2.05) is 0 Å². The molecule has 0 aromatic carbocycles. The lowest BCUT2D eigenvalue weighted by Gasteiger charge is -2.06. The van der Waals surface area contributed by atoms with Crippen LogP contribution in [0.2, 0.25) is 0 Å². The third kappa shape index (κ3) is 5.20. The van der Waals surface area contributed by atoms with Crippen molar-refractivity contribution in [2.45, 2.75) is 64.8 Å². The van der Waals surface area contributed by atoms with Crippen molar-refractivity contribution in [2.24, 2.45) is 4.99 Å². The van der Waals surface area contributed by atoms with Gasteiger partial charge in [-0.1, -0.05) is 46.0 Å². The molecule has 1 atom stereocenters. The van der Waals surface area contributed by atoms with Crippen LogP contribution in [0.4, 0.5) is 0 Å². The van der Waals surface area contributed by atoms with Gasteiger partial charge in [0.1, 0.15) is 6.04 Å².